The van der Waals surface area contributed by atoms with E-state index in [1.54, 1.807) is 0 Å². The number of anilines is 2. The summed E-state index contributed by atoms with van der Waals surface area (Å²) in [6.45, 7) is 4.19. The minimum Gasteiger partial charge on any atom is -0.398 e. The number of hydrogen-bond acceptors (Lipinski definition) is 2. The van der Waals surface area contributed by atoms with Gasteiger partial charge in [0.05, 0.1) is 6.42 Å². The first-order valence-corrected chi connectivity index (χ1v) is 7.39. The fraction of sp³-hybridized carbons (Fsp3) is 0.278. The Balaban J connectivity index is 2.18. The maximum atomic E-state index is 12.3. The van der Waals surface area contributed by atoms with Crippen molar-refractivity contribution in [3.63, 3.8) is 0 Å². The molecule has 2 rings (SSSR count). The summed E-state index contributed by atoms with van der Waals surface area (Å²) in [4.78, 5) is 12.3. The summed E-state index contributed by atoms with van der Waals surface area (Å²) in [6.07, 6.45) is 2.10. The zero-order chi connectivity index (χ0) is 15.2. The molecular formula is C18H22N2O. The molecular weight excluding hydrogens is 260 g/mol. The van der Waals surface area contributed by atoms with Gasteiger partial charge in [0.15, 0.2) is 0 Å². The van der Waals surface area contributed by atoms with Crippen molar-refractivity contribution in [3.8, 4) is 0 Å². The fourth-order valence-corrected chi connectivity index (χ4v) is 2.45. The minimum atomic E-state index is -0.0245. The van der Waals surface area contributed by atoms with E-state index in [0.717, 1.165) is 24.1 Å². The smallest absolute Gasteiger partial charge is 0.228 e. The third kappa shape index (κ3) is 3.63. The minimum absolute atomic E-state index is 0.0245. The molecule has 0 saturated heterocycles. The lowest BCUT2D eigenvalue weighted by Gasteiger charge is -2.14. The summed E-state index contributed by atoms with van der Waals surface area (Å²) >= 11 is 0. The van der Waals surface area contributed by atoms with E-state index in [4.69, 9.17) is 5.73 Å². The van der Waals surface area contributed by atoms with E-state index in [9.17, 15) is 4.79 Å². The Morgan fingerprint density at radius 2 is 1.52 bits per heavy atom. The van der Waals surface area contributed by atoms with Crippen molar-refractivity contribution < 1.29 is 4.79 Å². The average Bonchev–Trinajstić information content (AvgIpc) is 2.49. The second-order valence-corrected chi connectivity index (χ2v) is 5.08. The molecule has 0 aliphatic heterocycles. The van der Waals surface area contributed by atoms with E-state index in [0.29, 0.717) is 12.1 Å². The number of carbonyl (C=O) groups is 1. The number of nitrogen functional groups attached to an aromatic ring is 1. The van der Waals surface area contributed by atoms with Crippen LogP contribution in [0.15, 0.2) is 42.5 Å². The van der Waals surface area contributed by atoms with Gasteiger partial charge in [-0.05, 0) is 35.6 Å². The van der Waals surface area contributed by atoms with Gasteiger partial charge in [-0.25, -0.2) is 0 Å². The molecule has 2 aromatic carbocycles. The van der Waals surface area contributed by atoms with E-state index in [2.05, 4.69) is 31.3 Å². The van der Waals surface area contributed by atoms with Crippen LogP contribution in [-0.2, 0) is 24.1 Å². The van der Waals surface area contributed by atoms with Gasteiger partial charge in [-0.2, -0.15) is 0 Å². The molecule has 3 N–H and O–H groups in total. The van der Waals surface area contributed by atoms with Gasteiger partial charge < -0.3 is 11.1 Å². The van der Waals surface area contributed by atoms with Crippen LogP contribution in [0.2, 0.25) is 0 Å². The highest BCUT2D eigenvalue weighted by molar-refractivity contribution is 5.94. The first-order chi connectivity index (χ1) is 10.2. The van der Waals surface area contributed by atoms with E-state index < -0.39 is 0 Å². The zero-order valence-corrected chi connectivity index (χ0v) is 12.6. The molecule has 0 atom stereocenters. The number of carbonyl (C=O) groups excluding carboxylic acids is 1. The van der Waals surface area contributed by atoms with Crippen LogP contribution in [0.4, 0.5) is 11.4 Å². The summed E-state index contributed by atoms with van der Waals surface area (Å²) in [7, 11) is 0. The lowest BCUT2D eigenvalue weighted by molar-refractivity contribution is -0.115. The van der Waals surface area contributed by atoms with E-state index >= 15 is 0 Å². The van der Waals surface area contributed by atoms with Gasteiger partial charge in [0.25, 0.3) is 0 Å². The van der Waals surface area contributed by atoms with Crippen molar-refractivity contribution >= 4 is 17.3 Å². The Bertz CT molecular complexity index is 613. The molecule has 3 heteroatoms. The van der Waals surface area contributed by atoms with Crippen LogP contribution in [0.25, 0.3) is 0 Å². The third-order valence-electron chi connectivity index (χ3n) is 3.67. The van der Waals surface area contributed by atoms with Crippen molar-refractivity contribution in [2.75, 3.05) is 11.1 Å². The summed E-state index contributed by atoms with van der Waals surface area (Å²) in [5, 5.41) is 3.06. The van der Waals surface area contributed by atoms with Crippen LogP contribution >= 0.6 is 0 Å². The van der Waals surface area contributed by atoms with Crippen LogP contribution in [-0.4, -0.2) is 5.91 Å². The molecule has 0 spiro atoms. The molecule has 0 bridgehead atoms. The molecule has 0 unspecified atom stereocenters. The monoisotopic (exact) mass is 282 g/mol. The largest absolute Gasteiger partial charge is 0.398 e. The standard InChI is InChI=1S/C18H22N2O/c1-3-13-9-7-10-14(4-2)18(13)20-17(21)12-15-8-5-6-11-16(15)19/h5-11H,3-4,12,19H2,1-2H3,(H,20,21). The maximum Gasteiger partial charge on any atom is 0.228 e. The van der Waals surface area contributed by atoms with Gasteiger partial charge in [-0.3, -0.25) is 4.79 Å². The topological polar surface area (TPSA) is 55.1 Å². The number of rotatable bonds is 5. The molecule has 0 aliphatic carbocycles. The number of nitrogens with two attached hydrogens (primary N) is 1. The predicted molar refractivity (Wildman–Crippen MR) is 88.4 cm³/mol. The van der Waals surface area contributed by atoms with Crippen LogP contribution in [0.5, 0.6) is 0 Å². The SMILES string of the molecule is CCc1cccc(CC)c1NC(=O)Cc1ccccc1N. The van der Waals surface area contributed by atoms with Gasteiger partial charge in [0.2, 0.25) is 5.91 Å². The molecule has 110 valence electrons. The number of para-hydroxylation sites is 2. The molecule has 0 saturated carbocycles. The quantitative estimate of drug-likeness (QED) is 0.824. The van der Waals surface area contributed by atoms with Crippen molar-refractivity contribution in [1.29, 1.82) is 0 Å². The molecule has 3 nitrogen and oxygen atoms in total. The second kappa shape index (κ2) is 6.93. The van der Waals surface area contributed by atoms with Gasteiger partial charge in [0, 0.05) is 11.4 Å². The molecule has 0 radical (unpaired) electrons. The lowest BCUT2D eigenvalue weighted by atomic mass is 10.0. The molecule has 0 aromatic heterocycles. The molecule has 0 aliphatic rings. The van der Waals surface area contributed by atoms with E-state index in [-0.39, 0.29) is 5.91 Å². The molecule has 2 aromatic rings. The molecule has 0 heterocycles. The van der Waals surface area contributed by atoms with E-state index in [1.807, 2.05) is 30.3 Å². The highest BCUT2D eigenvalue weighted by Crippen LogP contribution is 2.23. The number of hydrogen-bond donors (Lipinski definition) is 2. The van der Waals surface area contributed by atoms with Crippen molar-refractivity contribution in [1.82, 2.24) is 0 Å². The van der Waals surface area contributed by atoms with Crippen molar-refractivity contribution in [2.45, 2.75) is 33.1 Å². The lowest BCUT2D eigenvalue weighted by Crippen LogP contribution is -2.17. The van der Waals surface area contributed by atoms with Crippen molar-refractivity contribution in [3.05, 3.63) is 59.2 Å². The van der Waals surface area contributed by atoms with Crippen LogP contribution in [0, 0.1) is 0 Å². The molecule has 21 heavy (non-hydrogen) atoms. The van der Waals surface area contributed by atoms with Gasteiger partial charge in [-0.15, -0.1) is 0 Å². The third-order valence-corrected chi connectivity index (χ3v) is 3.67. The van der Waals surface area contributed by atoms with Crippen LogP contribution in [0.1, 0.15) is 30.5 Å². The Morgan fingerprint density at radius 3 is 2.10 bits per heavy atom. The van der Waals surface area contributed by atoms with Gasteiger partial charge >= 0.3 is 0 Å². The zero-order valence-electron chi connectivity index (χ0n) is 12.6. The second-order valence-electron chi connectivity index (χ2n) is 5.08. The summed E-state index contributed by atoms with van der Waals surface area (Å²) in [6, 6.07) is 13.6. The van der Waals surface area contributed by atoms with Gasteiger partial charge in [0.1, 0.15) is 0 Å². The summed E-state index contributed by atoms with van der Waals surface area (Å²) < 4.78 is 0. The number of aryl methyl sites for hydroxylation is 2. The van der Waals surface area contributed by atoms with E-state index in [1.165, 1.54) is 11.1 Å². The predicted octanol–water partition coefficient (Wildman–Crippen LogP) is 3.57. The normalized spacial score (nSPS) is 10.4. The highest BCUT2D eigenvalue weighted by Gasteiger charge is 2.11. The number of nitrogens with one attached hydrogen (secondary N) is 1. The average molecular weight is 282 g/mol. The van der Waals surface area contributed by atoms with Crippen LogP contribution in [0.3, 0.4) is 0 Å². The summed E-state index contributed by atoms with van der Waals surface area (Å²) in [5.74, 6) is -0.0245. The number of amides is 1. The van der Waals surface area contributed by atoms with Crippen molar-refractivity contribution in [2.24, 2.45) is 0 Å². The Hall–Kier alpha value is -2.29. The first-order valence-electron chi connectivity index (χ1n) is 7.39. The Morgan fingerprint density at radius 1 is 0.952 bits per heavy atom. The maximum absolute atomic E-state index is 12.3. The molecule has 1 amide bonds. The summed E-state index contributed by atoms with van der Waals surface area (Å²) in [5.41, 5.74) is 10.7. The number of benzene rings is 2. The van der Waals surface area contributed by atoms with Gasteiger partial charge in [-0.1, -0.05) is 50.2 Å². The highest BCUT2D eigenvalue weighted by atomic mass is 16.1. The fourth-order valence-electron chi connectivity index (χ4n) is 2.45. The first kappa shape index (κ1) is 15.1. The molecule has 0 fully saturated rings. The van der Waals surface area contributed by atoms with Crippen LogP contribution < -0.4 is 11.1 Å². The Kier molecular flexibility index (Phi) is 4.99. The Labute approximate surface area is 126 Å².